The molecule has 1 aromatic carbocycles. The van der Waals surface area contributed by atoms with Gasteiger partial charge in [0.15, 0.2) is 5.79 Å². The fraction of sp³-hybridized carbons (Fsp3) is 0.588. The van der Waals surface area contributed by atoms with Crippen LogP contribution in [-0.4, -0.2) is 56.8 Å². The van der Waals surface area contributed by atoms with E-state index in [2.05, 4.69) is 5.32 Å². The van der Waals surface area contributed by atoms with Gasteiger partial charge >= 0.3 is 0 Å². The second kappa shape index (κ2) is 6.35. The van der Waals surface area contributed by atoms with Gasteiger partial charge in [-0.1, -0.05) is 0 Å². The molecule has 0 aromatic heterocycles. The number of hydrogen-bond acceptors (Lipinski definition) is 5. The van der Waals surface area contributed by atoms with Gasteiger partial charge in [-0.3, -0.25) is 4.79 Å². The summed E-state index contributed by atoms with van der Waals surface area (Å²) in [5, 5.41) is 2.89. The van der Waals surface area contributed by atoms with E-state index >= 15 is 0 Å². The lowest BCUT2D eigenvalue weighted by atomic mass is 10.1. The molecule has 3 aliphatic rings. The smallest absolute Gasteiger partial charge is 0.251 e. The quantitative estimate of drug-likeness (QED) is 0.863. The summed E-state index contributed by atoms with van der Waals surface area (Å²) in [6, 6.07) is 6.42. The number of amides is 1. The topological polar surface area (TPSA) is 84.9 Å². The third-order valence-electron chi connectivity index (χ3n) is 4.96. The van der Waals surface area contributed by atoms with Crippen LogP contribution in [0.4, 0.5) is 0 Å². The first kappa shape index (κ1) is 17.0. The molecule has 1 saturated carbocycles. The van der Waals surface area contributed by atoms with E-state index in [0.717, 1.165) is 12.8 Å². The number of hydrogen-bond donors (Lipinski definition) is 1. The molecule has 2 aliphatic heterocycles. The van der Waals surface area contributed by atoms with Crippen molar-refractivity contribution in [3.63, 3.8) is 0 Å². The van der Waals surface area contributed by atoms with Gasteiger partial charge < -0.3 is 14.8 Å². The highest BCUT2D eigenvalue weighted by Crippen LogP contribution is 2.33. The van der Waals surface area contributed by atoms with Crippen molar-refractivity contribution >= 4 is 15.9 Å². The van der Waals surface area contributed by atoms with Crippen LogP contribution in [0.2, 0.25) is 0 Å². The zero-order valence-corrected chi connectivity index (χ0v) is 14.8. The van der Waals surface area contributed by atoms with Crippen molar-refractivity contribution in [3.8, 4) is 0 Å². The van der Waals surface area contributed by atoms with Crippen LogP contribution < -0.4 is 5.32 Å². The van der Waals surface area contributed by atoms with E-state index in [1.54, 1.807) is 12.1 Å². The number of rotatable bonds is 4. The average Bonchev–Trinajstić information content (AvgIpc) is 3.33. The summed E-state index contributed by atoms with van der Waals surface area (Å²) in [6.45, 7) is 1.87. The number of carbonyl (C=O) groups excluding carboxylic acids is 1. The minimum atomic E-state index is -3.57. The van der Waals surface area contributed by atoms with E-state index in [4.69, 9.17) is 9.47 Å². The lowest BCUT2D eigenvalue weighted by Gasteiger charge is -2.36. The molecule has 1 N–H and O–H groups in total. The van der Waals surface area contributed by atoms with E-state index in [-0.39, 0.29) is 16.8 Å². The van der Waals surface area contributed by atoms with Gasteiger partial charge in [-0.2, -0.15) is 4.31 Å². The molecule has 136 valence electrons. The summed E-state index contributed by atoms with van der Waals surface area (Å²) in [7, 11) is -3.57. The molecule has 1 aromatic rings. The van der Waals surface area contributed by atoms with Crippen LogP contribution in [0.25, 0.3) is 0 Å². The third kappa shape index (κ3) is 3.44. The number of sulfonamides is 1. The van der Waals surface area contributed by atoms with Crippen molar-refractivity contribution in [2.75, 3.05) is 26.3 Å². The van der Waals surface area contributed by atoms with Crippen LogP contribution in [-0.2, 0) is 19.5 Å². The molecule has 25 heavy (non-hydrogen) atoms. The zero-order valence-electron chi connectivity index (χ0n) is 13.9. The molecule has 0 atom stereocenters. The van der Waals surface area contributed by atoms with Crippen molar-refractivity contribution in [2.24, 2.45) is 0 Å². The van der Waals surface area contributed by atoms with Crippen molar-refractivity contribution in [3.05, 3.63) is 29.8 Å². The Hall–Kier alpha value is -1.48. The van der Waals surface area contributed by atoms with Gasteiger partial charge in [0, 0.05) is 37.5 Å². The first-order chi connectivity index (χ1) is 12.0. The van der Waals surface area contributed by atoms with Crippen molar-refractivity contribution in [1.82, 2.24) is 9.62 Å². The molecular formula is C17H22N2O5S. The maximum atomic E-state index is 12.8. The van der Waals surface area contributed by atoms with Crippen LogP contribution in [0.15, 0.2) is 29.2 Å². The summed E-state index contributed by atoms with van der Waals surface area (Å²) in [6.07, 6.45) is 3.10. The molecule has 2 saturated heterocycles. The minimum Gasteiger partial charge on any atom is -0.349 e. The van der Waals surface area contributed by atoms with Gasteiger partial charge in [0.25, 0.3) is 5.91 Å². The predicted molar refractivity (Wildman–Crippen MR) is 89.6 cm³/mol. The number of nitrogens with zero attached hydrogens (tertiary/aromatic N) is 1. The summed E-state index contributed by atoms with van der Waals surface area (Å²) in [5.74, 6) is -0.751. The Bertz CT molecular complexity index is 742. The van der Waals surface area contributed by atoms with Gasteiger partial charge in [-0.15, -0.1) is 0 Å². The summed E-state index contributed by atoms with van der Waals surface area (Å²) >= 11 is 0. The van der Waals surface area contributed by atoms with Gasteiger partial charge in [-0.25, -0.2) is 8.42 Å². The molecule has 1 spiro atoms. The van der Waals surface area contributed by atoms with Crippen LogP contribution in [0.5, 0.6) is 0 Å². The number of benzene rings is 1. The summed E-state index contributed by atoms with van der Waals surface area (Å²) < 4.78 is 38.3. The molecular weight excluding hydrogens is 344 g/mol. The second-order valence-electron chi connectivity index (χ2n) is 6.78. The molecule has 3 fully saturated rings. The van der Waals surface area contributed by atoms with E-state index in [9.17, 15) is 13.2 Å². The third-order valence-corrected chi connectivity index (χ3v) is 6.88. The van der Waals surface area contributed by atoms with Gasteiger partial charge in [0.2, 0.25) is 10.0 Å². The van der Waals surface area contributed by atoms with E-state index in [1.165, 1.54) is 16.4 Å². The highest BCUT2D eigenvalue weighted by atomic mass is 32.2. The lowest BCUT2D eigenvalue weighted by molar-refractivity contribution is -0.179. The fourth-order valence-corrected chi connectivity index (χ4v) is 4.72. The molecule has 8 heteroatoms. The summed E-state index contributed by atoms with van der Waals surface area (Å²) in [5.41, 5.74) is 0.483. The Morgan fingerprint density at radius 2 is 1.68 bits per heavy atom. The highest BCUT2D eigenvalue weighted by Gasteiger charge is 2.42. The van der Waals surface area contributed by atoms with Crippen molar-refractivity contribution in [2.45, 2.75) is 42.4 Å². The van der Waals surface area contributed by atoms with Gasteiger partial charge in [0.05, 0.1) is 18.1 Å². The van der Waals surface area contributed by atoms with Crippen molar-refractivity contribution < 1.29 is 22.7 Å². The SMILES string of the molecule is O=C(NC1CC1)c1ccc(S(=O)(=O)N2CCC3(CC2)OCCO3)cc1. The van der Waals surface area contributed by atoms with E-state index in [1.807, 2.05) is 0 Å². The monoisotopic (exact) mass is 366 g/mol. The van der Waals surface area contributed by atoms with Crippen LogP contribution in [0.3, 0.4) is 0 Å². The molecule has 1 amide bonds. The normalized spacial score (nSPS) is 23.7. The Balaban J connectivity index is 1.44. The number of ether oxygens (including phenoxy) is 2. The number of piperidine rings is 1. The second-order valence-corrected chi connectivity index (χ2v) is 8.72. The number of nitrogens with one attached hydrogen (secondary N) is 1. The molecule has 0 radical (unpaired) electrons. The first-order valence-electron chi connectivity index (χ1n) is 8.68. The highest BCUT2D eigenvalue weighted by molar-refractivity contribution is 7.89. The Kier molecular flexibility index (Phi) is 4.31. The van der Waals surface area contributed by atoms with Crippen molar-refractivity contribution in [1.29, 1.82) is 0 Å². The summed E-state index contributed by atoms with van der Waals surface area (Å²) in [4.78, 5) is 12.2. The maximum absolute atomic E-state index is 12.8. The average molecular weight is 366 g/mol. The maximum Gasteiger partial charge on any atom is 0.251 e. The number of carbonyl (C=O) groups is 1. The predicted octanol–water partition coefficient (Wildman–Crippen LogP) is 1.11. The largest absolute Gasteiger partial charge is 0.349 e. The lowest BCUT2D eigenvalue weighted by Crippen LogP contribution is -2.47. The Labute approximate surface area is 147 Å². The molecule has 0 unspecified atom stereocenters. The van der Waals surface area contributed by atoms with Crippen LogP contribution in [0, 0.1) is 0 Å². The molecule has 0 bridgehead atoms. The first-order valence-corrected chi connectivity index (χ1v) is 10.1. The molecule has 1 aliphatic carbocycles. The Morgan fingerprint density at radius 1 is 1.08 bits per heavy atom. The zero-order chi connectivity index (χ0) is 17.5. The van der Waals surface area contributed by atoms with Gasteiger partial charge in [-0.05, 0) is 37.1 Å². The van der Waals surface area contributed by atoms with Crippen LogP contribution >= 0.6 is 0 Å². The van der Waals surface area contributed by atoms with E-state index < -0.39 is 15.8 Å². The molecule has 4 rings (SSSR count). The molecule has 7 nitrogen and oxygen atoms in total. The standard InChI is InChI=1S/C17H22N2O5S/c20-16(18-14-3-4-14)13-1-5-15(6-2-13)25(21,22)19-9-7-17(8-10-19)23-11-12-24-17/h1-2,5-6,14H,3-4,7-12H2,(H,18,20). The molecule has 2 heterocycles. The van der Waals surface area contributed by atoms with Crippen LogP contribution in [0.1, 0.15) is 36.0 Å². The van der Waals surface area contributed by atoms with E-state index in [0.29, 0.717) is 44.7 Å². The Morgan fingerprint density at radius 3 is 2.24 bits per heavy atom. The minimum absolute atomic E-state index is 0.151. The fourth-order valence-electron chi connectivity index (χ4n) is 3.28. The van der Waals surface area contributed by atoms with Gasteiger partial charge in [0.1, 0.15) is 0 Å².